The average molecular weight is 289 g/mol. The second-order valence-corrected chi connectivity index (χ2v) is 6.54. The highest BCUT2D eigenvalue weighted by Gasteiger charge is 2.16. The van der Waals surface area contributed by atoms with Gasteiger partial charge in [-0.3, -0.25) is 4.72 Å². The van der Waals surface area contributed by atoms with E-state index in [1.807, 2.05) is 0 Å². The number of benzene rings is 1. The molecule has 2 aromatic rings. The van der Waals surface area contributed by atoms with Crippen LogP contribution in [0.2, 0.25) is 5.02 Å². The van der Waals surface area contributed by atoms with E-state index in [9.17, 15) is 8.42 Å². The van der Waals surface area contributed by atoms with Crippen LogP contribution in [0.1, 0.15) is 0 Å². The largest absolute Gasteiger partial charge is 0.399 e. The predicted molar refractivity (Wildman–Crippen MR) is 71.0 cm³/mol. The number of nitrogens with one attached hydrogen (secondary N) is 1. The van der Waals surface area contributed by atoms with Crippen LogP contribution in [0, 0.1) is 0 Å². The number of hydrogen-bond donors (Lipinski definition) is 2. The molecule has 3 N–H and O–H groups in total. The van der Waals surface area contributed by atoms with Crippen molar-refractivity contribution in [3.05, 3.63) is 40.7 Å². The molecule has 0 saturated heterocycles. The van der Waals surface area contributed by atoms with Crippen molar-refractivity contribution in [1.82, 2.24) is 0 Å². The Morgan fingerprint density at radius 2 is 2.06 bits per heavy atom. The first-order chi connectivity index (χ1) is 7.99. The van der Waals surface area contributed by atoms with Crippen LogP contribution >= 0.6 is 22.9 Å². The van der Waals surface area contributed by atoms with Gasteiger partial charge in [0.1, 0.15) is 4.21 Å². The summed E-state index contributed by atoms with van der Waals surface area (Å²) >= 11 is 7.03. The van der Waals surface area contributed by atoms with Crippen molar-refractivity contribution >= 4 is 44.3 Å². The third kappa shape index (κ3) is 2.71. The summed E-state index contributed by atoms with van der Waals surface area (Å²) in [4.78, 5) is 0. The van der Waals surface area contributed by atoms with Gasteiger partial charge in [-0.1, -0.05) is 17.7 Å². The molecule has 0 fully saturated rings. The molecule has 0 amide bonds. The molecule has 0 aliphatic heterocycles. The lowest BCUT2D eigenvalue weighted by Crippen LogP contribution is -2.11. The maximum absolute atomic E-state index is 11.9. The summed E-state index contributed by atoms with van der Waals surface area (Å²) in [7, 11) is -3.56. The van der Waals surface area contributed by atoms with Crippen LogP contribution in [0.4, 0.5) is 11.4 Å². The van der Waals surface area contributed by atoms with E-state index in [-0.39, 0.29) is 9.23 Å². The Kier molecular flexibility index (Phi) is 3.28. The first-order valence-corrected chi connectivity index (χ1v) is 7.34. The molecule has 4 nitrogen and oxygen atoms in total. The summed E-state index contributed by atoms with van der Waals surface area (Å²) in [6.07, 6.45) is 0. The zero-order valence-electron chi connectivity index (χ0n) is 8.55. The zero-order chi connectivity index (χ0) is 12.5. The molecule has 7 heteroatoms. The second-order valence-electron chi connectivity index (χ2n) is 3.28. The zero-order valence-corrected chi connectivity index (χ0v) is 10.9. The number of thiophene rings is 1. The Morgan fingerprint density at radius 1 is 1.29 bits per heavy atom. The van der Waals surface area contributed by atoms with E-state index < -0.39 is 10.0 Å². The molecular weight excluding hydrogens is 280 g/mol. The van der Waals surface area contributed by atoms with Crippen molar-refractivity contribution < 1.29 is 8.42 Å². The van der Waals surface area contributed by atoms with Gasteiger partial charge in [-0.2, -0.15) is 0 Å². The van der Waals surface area contributed by atoms with Gasteiger partial charge in [0, 0.05) is 5.69 Å². The lowest BCUT2D eigenvalue weighted by atomic mass is 10.3. The normalized spacial score (nSPS) is 11.4. The topological polar surface area (TPSA) is 72.2 Å². The molecule has 0 saturated carbocycles. The Bertz CT molecular complexity index is 624. The highest BCUT2D eigenvalue weighted by molar-refractivity contribution is 7.94. The van der Waals surface area contributed by atoms with Gasteiger partial charge >= 0.3 is 0 Å². The summed E-state index contributed by atoms with van der Waals surface area (Å²) in [5.41, 5.74) is 6.32. The molecule has 0 spiro atoms. The van der Waals surface area contributed by atoms with Crippen LogP contribution < -0.4 is 10.5 Å². The molecule has 17 heavy (non-hydrogen) atoms. The van der Waals surface area contributed by atoms with E-state index in [4.69, 9.17) is 17.3 Å². The molecule has 0 aliphatic carbocycles. The van der Waals surface area contributed by atoms with Gasteiger partial charge in [0.15, 0.2) is 0 Å². The van der Waals surface area contributed by atoms with Crippen molar-refractivity contribution in [3.8, 4) is 0 Å². The van der Waals surface area contributed by atoms with Crippen molar-refractivity contribution in [2.45, 2.75) is 4.21 Å². The highest BCUT2D eigenvalue weighted by atomic mass is 35.5. The summed E-state index contributed by atoms with van der Waals surface area (Å²) in [5.74, 6) is 0. The summed E-state index contributed by atoms with van der Waals surface area (Å²) in [6.45, 7) is 0. The Hall–Kier alpha value is -1.24. The fourth-order valence-electron chi connectivity index (χ4n) is 1.23. The summed E-state index contributed by atoms with van der Waals surface area (Å²) < 4.78 is 26.5. The van der Waals surface area contributed by atoms with Gasteiger partial charge in [0.2, 0.25) is 0 Å². The van der Waals surface area contributed by atoms with E-state index in [2.05, 4.69) is 4.72 Å². The van der Waals surface area contributed by atoms with Gasteiger partial charge in [0.25, 0.3) is 10.0 Å². The van der Waals surface area contributed by atoms with Crippen molar-refractivity contribution in [2.75, 3.05) is 10.5 Å². The monoisotopic (exact) mass is 288 g/mol. The minimum atomic E-state index is -3.56. The molecule has 0 atom stereocenters. The second kappa shape index (κ2) is 4.56. The quantitative estimate of drug-likeness (QED) is 0.853. The molecule has 1 heterocycles. The number of hydrogen-bond acceptors (Lipinski definition) is 4. The molecule has 1 aromatic carbocycles. The lowest BCUT2D eigenvalue weighted by molar-refractivity contribution is 0.603. The van der Waals surface area contributed by atoms with Crippen LogP contribution in [0.25, 0.3) is 0 Å². The fraction of sp³-hybridized carbons (Fsp3) is 0. The maximum atomic E-state index is 11.9. The number of anilines is 2. The van der Waals surface area contributed by atoms with Crippen LogP contribution in [-0.2, 0) is 10.0 Å². The van der Waals surface area contributed by atoms with Gasteiger partial charge in [0.05, 0.1) is 10.7 Å². The average Bonchev–Trinajstić information content (AvgIpc) is 2.76. The number of sulfonamides is 1. The Morgan fingerprint density at radius 3 is 2.65 bits per heavy atom. The predicted octanol–water partition coefficient (Wildman–Crippen LogP) is 2.78. The smallest absolute Gasteiger partial charge is 0.271 e. The van der Waals surface area contributed by atoms with E-state index >= 15 is 0 Å². The third-order valence-corrected chi connectivity index (χ3v) is 5.07. The van der Waals surface area contributed by atoms with Crippen molar-refractivity contribution in [2.24, 2.45) is 0 Å². The molecular formula is C10H9ClN2O2S2. The molecule has 0 bridgehead atoms. The van der Waals surface area contributed by atoms with Crippen molar-refractivity contribution in [3.63, 3.8) is 0 Å². The molecule has 1 aromatic heterocycles. The molecule has 90 valence electrons. The third-order valence-electron chi connectivity index (χ3n) is 2.00. The van der Waals surface area contributed by atoms with E-state index in [0.29, 0.717) is 11.4 Å². The van der Waals surface area contributed by atoms with Gasteiger partial charge in [-0.15, -0.1) is 11.3 Å². The van der Waals surface area contributed by atoms with Crippen LogP contribution in [0.15, 0.2) is 39.9 Å². The van der Waals surface area contributed by atoms with Crippen LogP contribution in [0.3, 0.4) is 0 Å². The molecule has 2 rings (SSSR count). The van der Waals surface area contributed by atoms with Crippen LogP contribution in [-0.4, -0.2) is 8.42 Å². The fourth-order valence-corrected chi connectivity index (χ4v) is 3.59. The number of nitrogens with two attached hydrogens (primary N) is 1. The van der Waals surface area contributed by atoms with Crippen LogP contribution in [0.5, 0.6) is 0 Å². The van der Waals surface area contributed by atoms with E-state index in [1.165, 1.54) is 18.2 Å². The summed E-state index contributed by atoms with van der Waals surface area (Å²) in [5, 5.41) is 1.96. The summed E-state index contributed by atoms with van der Waals surface area (Å²) in [6, 6.07) is 7.80. The minimum Gasteiger partial charge on any atom is -0.399 e. The number of nitrogen functional groups attached to an aromatic ring is 1. The number of halogens is 1. The Balaban J connectivity index is 2.33. The van der Waals surface area contributed by atoms with E-state index in [0.717, 1.165) is 11.3 Å². The number of rotatable bonds is 3. The Labute approximate surface area is 108 Å². The first-order valence-electron chi connectivity index (χ1n) is 4.60. The molecule has 0 aliphatic rings. The van der Waals surface area contributed by atoms with Crippen molar-refractivity contribution in [1.29, 1.82) is 0 Å². The minimum absolute atomic E-state index is 0.241. The van der Waals surface area contributed by atoms with Gasteiger partial charge in [-0.05, 0) is 29.6 Å². The first kappa shape index (κ1) is 12.2. The standard InChI is InChI=1S/C10H9ClN2O2S2/c11-8-6-7(12)3-4-9(8)13-17(14,15)10-2-1-5-16-10/h1-6,13H,12H2. The van der Waals surface area contributed by atoms with Gasteiger partial charge < -0.3 is 5.73 Å². The maximum Gasteiger partial charge on any atom is 0.271 e. The van der Waals surface area contributed by atoms with Gasteiger partial charge in [-0.25, -0.2) is 8.42 Å². The lowest BCUT2D eigenvalue weighted by Gasteiger charge is -2.08. The SMILES string of the molecule is Nc1ccc(NS(=O)(=O)c2cccs2)c(Cl)c1. The van der Waals surface area contributed by atoms with E-state index in [1.54, 1.807) is 17.5 Å². The molecule has 0 radical (unpaired) electrons. The highest BCUT2D eigenvalue weighted by Crippen LogP contribution is 2.27. The molecule has 0 unspecified atom stereocenters.